The first-order valence-corrected chi connectivity index (χ1v) is 8.57. The van der Waals surface area contributed by atoms with E-state index in [1.807, 2.05) is 30.5 Å². The Balaban J connectivity index is 1.47. The average molecular weight is 331 g/mol. The van der Waals surface area contributed by atoms with Crippen LogP contribution in [0.3, 0.4) is 0 Å². The molecule has 1 aliphatic rings. The van der Waals surface area contributed by atoms with Crippen molar-refractivity contribution in [2.45, 2.75) is 13.0 Å². The zero-order chi connectivity index (χ0) is 15.1. The normalized spacial score (nSPS) is 15.0. The lowest BCUT2D eigenvalue weighted by Crippen LogP contribution is -2.56. The van der Waals surface area contributed by atoms with Gasteiger partial charge in [0.15, 0.2) is 0 Å². The number of thiazole rings is 1. The van der Waals surface area contributed by atoms with Gasteiger partial charge in [0.05, 0.1) is 17.8 Å². The predicted octanol–water partition coefficient (Wildman–Crippen LogP) is 2.96. The van der Waals surface area contributed by atoms with Gasteiger partial charge in [-0.1, -0.05) is 23.0 Å². The Bertz CT molecular complexity index is 823. The standard InChI is InChI=1S/C15H13N3O2S2/c1-9-2-3-12-11(6-9)13(17-22-12)14(19)18-7-10(8-18)20-15-16-4-5-21-15/h2-6,10H,7-8H2,1H3. The molecular formula is C15H13N3O2S2. The molecule has 1 aliphatic heterocycles. The molecule has 1 saturated heterocycles. The Hall–Kier alpha value is -1.99. The number of rotatable bonds is 3. The van der Waals surface area contributed by atoms with Gasteiger partial charge in [-0.3, -0.25) is 4.79 Å². The van der Waals surface area contributed by atoms with Crippen molar-refractivity contribution in [2.24, 2.45) is 0 Å². The van der Waals surface area contributed by atoms with Gasteiger partial charge in [-0.05, 0) is 30.6 Å². The molecule has 7 heteroatoms. The summed E-state index contributed by atoms with van der Waals surface area (Å²) in [5.41, 5.74) is 1.69. The fraction of sp³-hybridized carbons (Fsp3) is 0.267. The number of nitrogens with zero attached hydrogens (tertiary/aromatic N) is 3. The number of aryl methyl sites for hydroxylation is 1. The van der Waals surface area contributed by atoms with Gasteiger partial charge >= 0.3 is 0 Å². The minimum Gasteiger partial charge on any atom is -0.463 e. The van der Waals surface area contributed by atoms with Crippen molar-refractivity contribution < 1.29 is 9.53 Å². The summed E-state index contributed by atoms with van der Waals surface area (Å²) >= 11 is 2.83. The largest absolute Gasteiger partial charge is 0.463 e. The van der Waals surface area contributed by atoms with Crippen molar-refractivity contribution in [2.75, 3.05) is 13.1 Å². The van der Waals surface area contributed by atoms with Crippen molar-refractivity contribution in [3.63, 3.8) is 0 Å². The van der Waals surface area contributed by atoms with Crippen LogP contribution in [-0.2, 0) is 0 Å². The van der Waals surface area contributed by atoms with E-state index in [1.165, 1.54) is 22.9 Å². The molecule has 0 bridgehead atoms. The van der Waals surface area contributed by atoms with E-state index in [4.69, 9.17) is 4.74 Å². The lowest BCUT2D eigenvalue weighted by atomic mass is 10.1. The number of carbonyl (C=O) groups is 1. The highest BCUT2D eigenvalue weighted by atomic mass is 32.1. The molecule has 4 rings (SSSR count). The fourth-order valence-electron chi connectivity index (χ4n) is 2.45. The van der Waals surface area contributed by atoms with Crippen molar-refractivity contribution in [3.05, 3.63) is 41.0 Å². The van der Waals surface area contributed by atoms with Gasteiger partial charge in [0.25, 0.3) is 11.1 Å². The highest BCUT2D eigenvalue weighted by molar-refractivity contribution is 7.13. The summed E-state index contributed by atoms with van der Waals surface area (Å²) in [4.78, 5) is 18.4. The van der Waals surface area contributed by atoms with Crippen LogP contribution in [0, 0.1) is 6.92 Å². The molecule has 5 nitrogen and oxygen atoms in total. The second-order valence-electron chi connectivity index (χ2n) is 5.28. The Morgan fingerprint density at radius 1 is 1.41 bits per heavy atom. The van der Waals surface area contributed by atoms with E-state index in [0.29, 0.717) is 24.0 Å². The average Bonchev–Trinajstić information content (AvgIpc) is 3.10. The second kappa shape index (κ2) is 5.33. The number of fused-ring (bicyclic) bond motifs is 1. The molecule has 3 heterocycles. The Morgan fingerprint density at radius 3 is 3.05 bits per heavy atom. The van der Waals surface area contributed by atoms with E-state index in [2.05, 4.69) is 9.36 Å². The molecule has 0 spiro atoms. The van der Waals surface area contributed by atoms with Gasteiger partial charge in [-0.15, -0.1) is 0 Å². The summed E-state index contributed by atoms with van der Waals surface area (Å²) in [6.07, 6.45) is 1.74. The molecule has 0 N–H and O–H groups in total. The van der Waals surface area contributed by atoms with Gasteiger partial charge in [0, 0.05) is 17.0 Å². The third kappa shape index (κ3) is 2.36. The topological polar surface area (TPSA) is 55.3 Å². The summed E-state index contributed by atoms with van der Waals surface area (Å²) in [5.74, 6) is -0.0177. The van der Waals surface area contributed by atoms with Gasteiger partial charge in [-0.25, -0.2) is 4.98 Å². The van der Waals surface area contributed by atoms with Crippen LogP contribution in [-0.4, -0.2) is 39.4 Å². The minimum absolute atomic E-state index is 0.0177. The molecule has 0 atom stereocenters. The zero-order valence-corrected chi connectivity index (χ0v) is 13.5. The summed E-state index contributed by atoms with van der Waals surface area (Å²) in [7, 11) is 0. The SMILES string of the molecule is Cc1ccc2snc(C(=O)N3CC(Oc4nccs4)C3)c2c1. The Kier molecular flexibility index (Phi) is 3.31. The number of hydrogen-bond donors (Lipinski definition) is 0. The molecule has 0 unspecified atom stereocenters. The minimum atomic E-state index is -0.0177. The van der Waals surface area contributed by atoms with Crippen molar-refractivity contribution in [1.29, 1.82) is 0 Å². The lowest BCUT2D eigenvalue weighted by Gasteiger charge is -2.37. The first-order chi connectivity index (χ1) is 10.7. The molecule has 22 heavy (non-hydrogen) atoms. The van der Waals surface area contributed by atoms with E-state index >= 15 is 0 Å². The zero-order valence-electron chi connectivity index (χ0n) is 11.9. The summed E-state index contributed by atoms with van der Waals surface area (Å²) in [6, 6.07) is 6.08. The molecule has 112 valence electrons. The van der Waals surface area contributed by atoms with Crippen LogP contribution in [0.5, 0.6) is 5.19 Å². The van der Waals surface area contributed by atoms with Crippen LogP contribution >= 0.6 is 22.9 Å². The highest BCUT2D eigenvalue weighted by Crippen LogP contribution is 2.27. The molecule has 0 aliphatic carbocycles. The van der Waals surface area contributed by atoms with Crippen LogP contribution in [0.1, 0.15) is 16.1 Å². The van der Waals surface area contributed by atoms with Gasteiger partial charge < -0.3 is 9.64 Å². The van der Waals surface area contributed by atoms with Crippen molar-refractivity contribution >= 4 is 38.9 Å². The molecule has 1 fully saturated rings. The summed E-state index contributed by atoms with van der Waals surface area (Å²) < 4.78 is 11.1. The van der Waals surface area contributed by atoms with Crippen LogP contribution in [0.2, 0.25) is 0 Å². The van der Waals surface area contributed by atoms with Gasteiger partial charge in [-0.2, -0.15) is 4.37 Å². The van der Waals surface area contributed by atoms with Crippen molar-refractivity contribution in [3.8, 4) is 5.19 Å². The third-order valence-corrected chi connectivity index (χ3v) is 5.13. The first kappa shape index (κ1) is 13.7. The third-order valence-electron chi connectivity index (χ3n) is 3.64. The fourth-order valence-corrected chi connectivity index (χ4v) is 3.75. The number of ether oxygens (including phenoxy) is 1. The molecule has 3 aromatic rings. The maximum absolute atomic E-state index is 12.6. The van der Waals surface area contributed by atoms with Crippen LogP contribution in [0.15, 0.2) is 29.8 Å². The number of benzene rings is 1. The van der Waals surface area contributed by atoms with Crippen LogP contribution in [0.4, 0.5) is 0 Å². The molecular weight excluding hydrogens is 318 g/mol. The second-order valence-corrected chi connectivity index (χ2v) is 6.94. The maximum atomic E-state index is 12.6. The first-order valence-electron chi connectivity index (χ1n) is 6.92. The Morgan fingerprint density at radius 2 is 2.27 bits per heavy atom. The molecule has 0 radical (unpaired) electrons. The summed E-state index contributed by atoms with van der Waals surface area (Å²) in [5, 5.41) is 3.48. The van der Waals surface area contributed by atoms with E-state index in [9.17, 15) is 4.79 Å². The lowest BCUT2D eigenvalue weighted by molar-refractivity contribution is 0.0175. The molecule has 1 aromatic carbocycles. The van der Waals surface area contributed by atoms with E-state index in [-0.39, 0.29) is 12.0 Å². The van der Waals surface area contributed by atoms with Crippen LogP contribution < -0.4 is 4.74 Å². The number of likely N-dealkylation sites (tertiary alicyclic amines) is 1. The highest BCUT2D eigenvalue weighted by Gasteiger charge is 2.34. The smallest absolute Gasteiger partial charge is 0.274 e. The molecule has 1 amide bonds. The predicted molar refractivity (Wildman–Crippen MR) is 86.8 cm³/mol. The number of amides is 1. The monoisotopic (exact) mass is 331 g/mol. The van der Waals surface area contributed by atoms with E-state index in [1.54, 1.807) is 11.1 Å². The summed E-state index contributed by atoms with van der Waals surface area (Å²) in [6.45, 7) is 3.19. The van der Waals surface area contributed by atoms with E-state index in [0.717, 1.165) is 15.6 Å². The maximum Gasteiger partial charge on any atom is 0.274 e. The number of aromatic nitrogens is 2. The van der Waals surface area contributed by atoms with Gasteiger partial charge in [0.1, 0.15) is 11.8 Å². The van der Waals surface area contributed by atoms with Gasteiger partial charge in [0.2, 0.25) is 0 Å². The number of hydrogen-bond acceptors (Lipinski definition) is 6. The molecule has 2 aromatic heterocycles. The van der Waals surface area contributed by atoms with Crippen LogP contribution in [0.25, 0.3) is 10.1 Å². The van der Waals surface area contributed by atoms with E-state index < -0.39 is 0 Å². The quantitative estimate of drug-likeness (QED) is 0.740. The number of carbonyl (C=O) groups excluding carboxylic acids is 1. The Labute approximate surface area is 135 Å². The van der Waals surface area contributed by atoms with Crippen molar-refractivity contribution in [1.82, 2.24) is 14.3 Å². The molecule has 0 saturated carbocycles.